The summed E-state index contributed by atoms with van der Waals surface area (Å²) < 4.78 is 26.8. The molecule has 0 bridgehead atoms. The third-order valence-electron chi connectivity index (χ3n) is 2.43. The second-order valence-corrected chi connectivity index (χ2v) is 7.13. The van der Waals surface area contributed by atoms with Gasteiger partial charge in [0.15, 0.2) is 4.90 Å². The molecule has 0 aliphatic heterocycles. The summed E-state index contributed by atoms with van der Waals surface area (Å²) in [6.45, 7) is 3.67. The Bertz CT molecular complexity index is 589. The molecule has 1 aromatic carbocycles. The van der Waals surface area contributed by atoms with Crippen LogP contribution in [-0.2, 0) is 10.0 Å². The van der Waals surface area contributed by atoms with Crippen molar-refractivity contribution in [2.24, 2.45) is 0 Å². The normalized spacial score (nSPS) is 13.1. The summed E-state index contributed by atoms with van der Waals surface area (Å²) in [6, 6.07) is 3.53. The molecular formula is C11H17N3O4S2. The number of nitro benzene ring substituents is 1. The van der Waals surface area contributed by atoms with Gasteiger partial charge in [0.2, 0.25) is 10.0 Å². The number of benzene rings is 1. The SMILES string of the molecule is CCSCC(C)NS(=O)(=O)c1cccc(N)c1[N+](=O)[O-]. The van der Waals surface area contributed by atoms with Crippen LogP contribution in [0.15, 0.2) is 23.1 Å². The number of anilines is 1. The Labute approximate surface area is 122 Å². The summed E-state index contributed by atoms with van der Waals surface area (Å²) in [6.07, 6.45) is 0. The molecule has 7 nitrogen and oxygen atoms in total. The van der Waals surface area contributed by atoms with Gasteiger partial charge in [-0.25, -0.2) is 13.1 Å². The first-order chi connectivity index (χ1) is 9.29. The maximum absolute atomic E-state index is 12.2. The quantitative estimate of drug-likeness (QED) is 0.448. The Kier molecular flexibility index (Phi) is 5.78. The molecule has 0 aliphatic carbocycles. The number of sulfonamides is 1. The van der Waals surface area contributed by atoms with Gasteiger partial charge < -0.3 is 5.73 Å². The van der Waals surface area contributed by atoms with Crippen molar-refractivity contribution in [3.8, 4) is 0 Å². The summed E-state index contributed by atoms with van der Waals surface area (Å²) >= 11 is 1.58. The molecule has 1 rings (SSSR count). The average molecular weight is 319 g/mol. The second-order valence-electron chi connectivity index (χ2n) is 4.13. The van der Waals surface area contributed by atoms with E-state index in [9.17, 15) is 18.5 Å². The van der Waals surface area contributed by atoms with E-state index in [2.05, 4.69) is 4.72 Å². The van der Waals surface area contributed by atoms with Gasteiger partial charge in [0.05, 0.1) is 4.92 Å². The Balaban J connectivity index is 3.10. The highest BCUT2D eigenvalue weighted by molar-refractivity contribution is 7.99. The van der Waals surface area contributed by atoms with Crippen molar-refractivity contribution in [3.05, 3.63) is 28.3 Å². The fourth-order valence-electron chi connectivity index (χ4n) is 1.61. The molecular weight excluding hydrogens is 302 g/mol. The van der Waals surface area contributed by atoms with Gasteiger partial charge >= 0.3 is 5.69 Å². The Morgan fingerprint density at radius 3 is 2.70 bits per heavy atom. The van der Waals surface area contributed by atoms with Crippen LogP contribution in [0, 0.1) is 10.1 Å². The molecule has 0 fully saturated rings. The first-order valence-electron chi connectivity index (χ1n) is 5.92. The van der Waals surface area contributed by atoms with Crippen LogP contribution < -0.4 is 10.5 Å². The molecule has 1 atom stereocenters. The van der Waals surface area contributed by atoms with E-state index in [1.165, 1.54) is 18.2 Å². The predicted molar refractivity (Wildman–Crippen MR) is 80.3 cm³/mol. The third-order valence-corrected chi connectivity index (χ3v) is 5.20. The number of hydrogen-bond donors (Lipinski definition) is 2. The fourth-order valence-corrected chi connectivity index (χ4v) is 3.83. The Morgan fingerprint density at radius 1 is 1.50 bits per heavy atom. The molecule has 1 unspecified atom stereocenters. The average Bonchev–Trinajstić information content (AvgIpc) is 2.35. The number of nitrogens with zero attached hydrogens (tertiary/aromatic N) is 1. The van der Waals surface area contributed by atoms with Crippen molar-refractivity contribution < 1.29 is 13.3 Å². The summed E-state index contributed by atoms with van der Waals surface area (Å²) in [4.78, 5) is 9.79. The number of thioether (sulfide) groups is 1. The Hall–Kier alpha value is -1.32. The van der Waals surface area contributed by atoms with E-state index in [0.717, 1.165) is 5.75 Å². The van der Waals surface area contributed by atoms with Gasteiger partial charge in [-0.3, -0.25) is 10.1 Å². The molecule has 0 amide bonds. The lowest BCUT2D eigenvalue weighted by Crippen LogP contribution is -2.34. The number of nitro groups is 1. The standard InChI is InChI=1S/C11H17N3O4S2/c1-3-19-7-8(2)13-20(17,18)10-6-4-5-9(12)11(10)14(15)16/h4-6,8,13H,3,7,12H2,1-2H3. The molecule has 0 aromatic heterocycles. The maximum atomic E-state index is 12.2. The molecule has 0 heterocycles. The maximum Gasteiger partial charge on any atom is 0.312 e. The molecule has 3 N–H and O–H groups in total. The topological polar surface area (TPSA) is 115 Å². The van der Waals surface area contributed by atoms with Crippen molar-refractivity contribution in [2.45, 2.75) is 24.8 Å². The van der Waals surface area contributed by atoms with E-state index in [1.54, 1.807) is 18.7 Å². The third kappa shape index (κ3) is 4.09. The van der Waals surface area contributed by atoms with Crippen LogP contribution in [0.3, 0.4) is 0 Å². The summed E-state index contributed by atoms with van der Waals surface area (Å²) in [7, 11) is -3.97. The molecule has 9 heteroatoms. The van der Waals surface area contributed by atoms with Crippen LogP contribution in [0.1, 0.15) is 13.8 Å². The zero-order valence-electron chi connectivity index (χ0n) is 11.2. The van der Waals surface area contributed by atoms with Crippen LogP contribution in [0.2, 0.25) is 0 Å². The minimum atomic E-state index is -3.97. The van der Waals surface area contributed by atoms with Crippen molar-refractivity contribution in [1.82, 2.24) is 4.72 Å². The number of hydrogen-bond acceptors (Lipinski definition) is 6. The van der Waals surface area contributed by atoms with E-state index in [4.69, 9.17) is 5.73 Å². The molecule has 0 radical (unpaired) electrons. The van der Waals surface area contributed by atoms with Crippen molar-refractivity contribution in [2.75, 3.05) is 17.2 Å². The van der Waals surface area contributed by atoms with Gasteiger partial charge in [-0.05, 0) is 24.8 Å². The zero-order chi connectivity index (χ0) is 15.3. The molecule has 0 saturated heterocycles. The van der Waals surface area contributed by atoms with Gasteiger partial charge in [0.1, 0.15) is 5.69 Å². The van der Waals surface area contributed by atoms with Gasteiger partial charge in [0.25, 0.3) is 0 Å². The van der Waals surface area contributed by atoms with E-state index in [-0.39, 0.29) is 11.7 Å². The van der Waals surface area contributed by atoms with Crippen molar-refractivity contribution in [1.29, 1.82) is 0 Å². The number of nitrogens with one attached hydrogen (secondary N) is 1. The smallest absolute Gasteiger partial charge is 0.312 e. The highest BCUT2D eigenvalue weighted by Crippen LogP contribution is 2.29. The number of rotatable bonds is 7. The zero-order valence-corrected chi connectivity index (χ0v) is 12.8. The van der Waals surface area contributed by atoms with Crippen molar-refractivity contribution in [3.63, 3.8) is 0 Å². The first-order valence-corrected chi connectivity index (χ1v) is 8.56. The lowest BCUT2D eigenvalue weighted by molar-refractivity contribution is -0.386. The molecule has 1 aromatic rings. The molecule has 0 aliphatic rings. The van der Waals surface area contributed by atoms with E-state index in [0.29, 0.717) is 5.75 Å². The second kappa shape index (κ2) is 6.91. The monoisotopic (exact) mass is 319 g/mol. The number of para-hydroxylation sites is 1. The van der Waals surface area contributed by atoms with Gasteiger partial charge in [-0.2, -0.15) is 11.8 Å². The lowest BCUT2D eigenvalue weighted by Gasteiger charge is -2.14. The molecule has 20 heavy (non-hydrogen) atoms. The van der Waals surface area contributed by atoms with Crippen LogP contribution in [-0.4, -0.2) is 30.9 Å². The largest absolute Gasteiger partial charge is 0.393 e. The minimum absolute atomic E-state index is 0.173. The van der Waals surface area contributed by atoms with E-state index >= 15 is 0 Å². The molecule has 0 spiro atoms. The summed E-state index contributed by atoms with van der Waals surface area (Å²) in [5.74, 6) is 1.45. The van der Waals surface area contributed by atoms with Crippen LogP contribution in [0.25, 0.3) is 0 Å². The summed E-state index contributed by atoms with van der Waals surface area (Å²) in [5, 5.41) is 11.0. The molecule has 0 saturated carbocycles. The van der Waals surface area contributed by atoms with Gasteiger partial charge in [0, 0.05) is 11.8 Å². The number of nitrogens with two attached hydrogens (primary N) is 1. The van der Waals surface area contributed by atoms with E-state index in [1.807, 2.05) is 6.92 Å². The minimum Gasteiger partial charge on any atom is -0.393 e. The first kappa shape index (κ1) is 16.7. The number of nitrogen functional groups attached to an aromatic ring is 1. The fraction of sp³-hybridized carbons (Fsp3) is 0.455. The van der Waals surface area contributed by atoms with Crippen LogP contribution in [0.5, 0.6) is 0 Å². The van der Waals surface area contributed by atoms with Gasteiger partial charge in [-0.15, -0.1) is 0 Å². The summed E-state index contributed by atoms with van der Waals surface area (Å²) in [5.41, 5.74) is 4.73. The Morgan fingerprint density at radius 2 is 2.15 bits per heavy atom. The van der Waals surface area contributed by atoms with Crippen LogP contribution in [0.4, 0.5) is 11.4 Å². The van der Waals surface area contributed by atoms with Gasteiger partial charge in [-0.1, -0.05) is 13.0 Å². The van der Waals surface area contributed by atoms with E-state index < -0.39 is 25.5 Å². The van der Waals surface area contributed by atoms with Crippen LogP contribution >= 0.6 is 11.8 Å². The predicted octanol–water partition coefficient (Wildman–Crippen LogP) is 1.60. The highest BCUT2D eigenvalue weighted by atomic mass is 32.2. The highest BCUT2D eigenvalue weighted by Gasteiger charge is 2.28. The van der Waals surface area contributed by atoms with Crippen molar-refractivity contribution >= 4 is 33.2 Å². The lowest BCUT2D eigenvalue weighted by atomic mass is 10.3. The molecule has 112 valence electrons.